The van der Waals surface area contributed by atoms with E-state index in [0.29, 0.717) is 10.8 Å². The summed E-state index contributed by atoms with van der Waals surface area (Å²) in [6.07, 6.45) is 2.11. The number of hydrogen-bond donors (Lipinski definition) is 2. The number of amides is 1. The van der Waals surface area contributed by atoms with Crippen LogP contribution >= 0.6 is 11.3 Å². The van der Waals surface area contributed by atoms with Crippen LogP contribution in [0.25, 0.3) is 0 Å². The number of benzene rings is 1. The molecule has 98 valence electrons. The molecule has 0 saturated heterocycles. The first-order valence-corrected chi connectivity index (χ1v) is 6.76. The summed E-state index contributed by atoms with van der Waals surface area (Å²) >= 11 is 1.26. The highest BCUT2D eigenvalue weighted by Gasteiger charge is 2.30. The van der Waals surface area contributed by atoms with Gasteiger partial charge in [-0.3, -0.25) is 4.79 Å². The lowest BCUT2D eigenvalue weighted by molar-refractivity contribution is 0.102. The Balaban J connectivity index is 1.82. The molecule has 19 heavy (non-hydrogen) atoms. The molecule has 1 amide bonds. The number of nitrogens with zero attached hydrogens (tertiary/aromatic N) is 1. The number of halogens is 1. The first-order chi connectivity index (χ1) is 9.15. The van der Waals surface area contributed by atoms with Crippen molar-refractivity contribution < 1.29 is 14.3 Å². The largest absolute Gasteiger partial charge is 0.508 e. The molecule has 1 saturated carbocycles. The summed E-state index contributed by atoms with van der Waals surface area (Å²) in [5.74, 6) is -0.816. The van der Waals surface area contributed by atoms with E-state index in [0.717, 1.165) is 24.6 Å². The minimum Gasteiger partial charge on any atom is -0.508 e. The van der Waals surface area contributed by atoms with Gasteiger partial charge in [0.2, 0.25) is 0 Å². The molecule has 4 nitrogen and oxygen atoms in total. The molecular weight excluding hydrogens is 267 g/mol. The summed E-state index contributed by atoms with van der Waals surface area (Å²) < 4.78 is 13.5. The fourth-order valence-electron chi connectivity index (χ4n) is 1.86. The van der Waals surface area contributed by atoms with Crippen LogP contribution in [-0.4, -0.2) is 16.0 Å². The van der Waals surface area contributed by atoms with E-state index in [1.54, 1.807) is 5.51 Å². The second kappa shape index (κ2) is 4.62. The van der Waals surface area contributed by atoms with Crippen molar-refractivity contribution in [2.45, 2.75) is 18.8 Å². The van der Waals surface area contributed by atoms with Crippen molar-refractivity contribution in [3.63, 3.8) is 0 Å². The molecular formula is C13H11FN2O2S. The molecule has 2 aromatic rings. The van der Waals surface area contributed by atoms with Gasteiger partial charge < -0.3 is 10.4 Å². The highest BCUT2D eigenvalue weighted by atomic mass is 32.1. The Bertz CT molecular complexity index is 637. The Morgan fingerprint density at radius 1 is 1.47 bits per heavy atom. The average Bonchev–Trinajstić information content (AvgIpc) is 3.10. The maximum Gasteiger partial charge on any atom is 0.267 e. The number of hydrogen-bond acceptors (Lipinski definition) is 4. The first kappa shape index (κ1) is 12.1. The lowest BCUT2D eigenvalue weighted by Crippen LogP contribution is -2.13. The van der Waals surface area contributed by atoms with E-state index in [-0.39, 0.29) is 17.3 Å². The summed E-state index contributed by atoms with van der Waals surface area (Å²) in [4.78, 5) is 16.8. The average molecular weight is 278 g/mol. The number of aromatic nitrogens is 1. The summed E-state index contributed by atoms with van der Waals surface area (Å²) in [5.41, 5.74) is 2.50. The number of phenolic OH excluding ortho intramolecular Hbond substituents is 1. The molecule has 0 spiro atoms. The third kappa shape index (κ3) is 2.44. The topological polar surface area (TPSA) is 62.2 Å². The molecule has 2 N–H and O–H groups in total. The van der Waals surface area contributed by atoms with Gasteiger partial charge in [0.25, 0.3) is 5.91 Å². The van der Waals surface area contributed by atoms with E-state index < -0.39 is 5.82 Å². The van der Waals surface area contributed by atoms with Crippen molar-refractivity contribution in [2.75, 3.05) is 5.32 Å². The number of rotatable bonds is 3. The second-order valence-corrected chi connectivity index (χ2v) is 5.31. The highest BCUT2D eigenvalue weighted by Crippen LogP contribution is 2.41. The van der Waals surface area contributed by atoms with Crippen LogP contribution in [0.3, 0.4) is 0 Å². The monoisotopic (exact) mass is 278 g/mol. The number of aromatic hydroxyl groups is 1. The third-order valence-electron chi connectivity index (χ3n) is 2.97. The Kier molecular flexibility index (Phi) is 2.94. The minimum absolute atomic E-state index is 0.0537. The fraction of sp³-hybridized carbons (Fsp3) is 0.231. The van der Waals surface area contributed by atoms with Crippen LogP contribution < -0.4 is 5.32 Å². The van der Waals surface area contributed by atoms with Crippen LogP contribution in [0.4, 0.5) is 10.1 Å². The van der Waals surface area contributed by atoms with E-state index in [1.165, 1.54) is 23.5 Å². The Hall–Kier alpha value is -1.95. The van der Waals surface area contributed by atoms with Gasteiger partial charge in [-0.1, -0.05) is 0 Å². The summed E-state index contributed by atoms with van der Waals surface area (Å²) in [5, 5.41) is 11.6. The molecule has 0 bridgehead atoms. The number of thiazole rings is 1. The van der Waals surface area contributed by atoms with Gasteiger partial charge in [0, 0.05) is 12.0 Å². The molecule has 0 atom stereocenters. The van der Waals surface area contributed by atoms with E-state index in [2.05, 4.69) is 10.3 Å². The molecule has 3 rings (SSSR count). The normalized spacial score (nSPS) is 14.4. The molecule has 1 fully saturated rings. The van der Waals surface area contributed by atoms with Gasteiger partial charge in [-0.15, -0.1) is 11.3 Å². The van der Waals surface area contributed by atoms with Gasteiger partial charge in [-0.2, -0.15) is 0 Å². The number of nitrogens with one attached hydrogen (secondary N) is 1. The number of carbonyl (C=O) groups is 1. The molecule has 6 heteroatoms. The zero-order chi connectivity index (χ0) is 13.4. The highest BCUT2D eigenvalue weighted by molar-refractivity contribution is 7.12. The quantitative estimate of drug-likeness (QED) is 0.848. The maximum atomic E-state index is 13.5. The van der Waals surface area contributed by atoms with Crippen LogP contribution in [-0.2, 0) is 0 Å². The van der Waals surface area contributed by atoms with Crippen LogP contribution in [0.5, 0.6) is 5.75 Å². The molecule has 1 aromatic carbocycles. The van der Waals surface area contributed by atoms with Gasteiger partial charge in [0.05, 0.1) is 16.9 Å². The predicted octanol–water partition coefficient (Wildman–Crippen LogP) is 3.12. The predicted molar refractivity (Wildman–Crippen MR) is 70.1 cm³/mol. The van der Waals surface area contributed by atoms with Crippen molar-refractivity contribution in [3.05, 3.63) is 40.1 Å². The van der Waals surface area contributed by atoms with Gasteiger partial charge in [-0.05, 0) is 25.0 Å². The van der Waals surface area contributed by atoms with Crippen molar-refractivity contribution >= 4 is 22.9 Å². The maximum absolute atomic E-state index is 13.5. The number of carbonyl (C=O) groups excluding carboxylic acids is 1. The van der Waals surface area contributed by atoms with Crippen molar-refractivity contribution in [1.82, 2.24) is 4.98 Å². The van der Waals surface area contributed by atoms with E-state index in [9.17, 15) is 9.18 Å². The molecule has 0 unspecified atom stereocenters. The van der Waals surface area contributed by atoms with Crippen LogP contribution in [0.2, 0.25) is 0 Å². The van der Waals surface area contributed by atoms with E-state index in [4.69, 9.17) is 5.11 Å². The molecule has 0 aliphatic heterocycles. The number of phenols is 1. The van der Waals surface area contributed by atoms with Gasteiger partial charge >= 0.3 is 0 Å². The Morgan fingerprint density at radius 2 is 2.26 bits per heavy atom. The Morgan fingerprint density at radius 3 is 2.95 bits per heavy atom. The summed E-state index contributed by atoms with van der Waals surface area (Å²) in [6, 6.07) is 3.62. The van der Waals surface area contributed by atoms with Crippen molar-refractivity contribution in [3.8, 4) is 5.75 Å². The zero-order valence-electron chi connectivity index (χ0n) is 9.89. The van der Waals surface area contributed by atoms with E-state index in [1.807, 2.05) is 0 Å². The standard InChI is InChI=1S/C13H11FN2O2S/c14-9-5-8(17)3-4-10(9)16-13(18)12-11(7-1-2-7)15-6-19-12/h3-7,17H,1-2H2,(H,16,18). The summed E-state index contributed by atoms with van der Waals surface area (Å²) in [7, 11) is 0. The molecule has 1 aliphatic rings. The van der Waals surface area contributed by atoms with E-state index >= 15 is 0 Å². The first-order valence-electron chi connectivity index (χ1n) is 5.88. The number of anilines is 1. The van der Waals surface area contributed by atoms with Crippen molar-refractivity contribution in [2.24, 2.45) is 0 Å². The van der Waals surface area contributed by atoms with Crippen LogP contribution in [0.15, 0.2) is 23.7 Å². The molecule has 0 radical (unpaired) electrons. The molecule has 1 heterocycles. The molecule has 1 aliphatic carbocycles. The minimum atomic E-state index is -0.661. The van der Waals surface area contributed by atoms with Crippen molar-refractivity contribution in [1.29, 1.82) is 0 Å². The smallest absolute Gasteiger partial charge is 0.267 e. The van der Waals surface area contributed by atoms with Crippen LogP contribution in [0.1, 0.15) is 34.1 Å². The van der Waals surface area contributed by atoms with Crippen LogP contribution in [0, 0.1) is 5.82 Å². The van der Waals surface area contributed by atoms with Gasteiger partial charge in [0.15, 0.2) is 0 Å². The Labute approximate surface area is 112 Å². The lowest BCUT2D eigenvalue weighted by Gasteiger charge is -2.06. The van der Waals surface area contributed by atoms with Gasteiger partial charge in [-0.25, -0.2) is 9.37 Å². The summed E-state index contributed by atoms with van der Waals surface area (Å²) in [6.45, 7) is 0. The second-order valence-electron chi connectivity index (χ2n) is 4.46. The molecule has 1 aromatic heterocycles. The SMILES string of the molecule is O=C(Nc1ccc(O)cc1F)c1scnc1C1CC1. The zero-order valence-corrected chi connectivity index (χ0v) is 10.7. The lowest BCUT2D eigenvalue weighted by atomic mass is 10.2. The third-order valence-corrected chi connectivity index (χ3v) is 3.81. The fourth-order valence-corrected chi connectivity index (χ4v) is 2.63. The van der Waals surface area contributed by atoms with Gasteiger partial charge in [0.1, 0.15) is 16.4 Å².